The summed E-state index contributed by atoms with van der Waals surface area (Å²) in [5, 5.41) is 12.2. The molecule has 0 fully saturated rings. The molecular weight excluding hydrogens is 322 g/mol. The van der Waals surface area contributed by atoms with Gasteiger partial charge in [0.2, 0.25) is 0 Å². The number of pyridine rings is 1. The third-order valence-corrected chi connectivity index (χ3v) is 4.13. The number of nitrogens with zero attached hydrogens (tertiary/aromatic N) is 2. The van der Waals surface area contributed by atoms with Crippen LogP contribution in [0, 0.1) is 25.2 Å². The first-order valence-corrected chi connectivity index (χ1v) is 8.37. The lowest BCUT2D eigenvalue weighted by Crippen LogP contribution is -2.23. The minimum atomic E-state index is -0.212. The van der Waals surface area contributed by atoms with Crippen LogP contribution in [0.5, 0.6) is 0 Å². The van der Waals surface area contributed by atoms with Gasteiger partial charge in [-0.1, -0.05) is 35.9 Å². The van der Waals surface area contributed by atoms with E-state index in [2.05, 4.69) is 16.4 Å². The number of nitriles is 1. The van der Waals surface area contributed by atoms with E-state index in [-0.39, 0.29) is 5.91 Å². The fourth-order valence-corrected chi connectivity index (χ4v) is 2.62. The third-order valence-electron chi connectivity index (χ3n) is 4.13. The van der Waals surface area contributed by atoms with E-state index >= 15 is 0 Å². The minimum absolute atomic E-state index is 0.212. The van der Waals surface area contributed by atoms with Crippen molar-refractivity contribution in [3.63, 3.8) is 0 Å². The van der Waals surface area contributed by atoms with Crippen LogP contribution in [-0.4, -0.2) is 10.9 Å². The van der Waals surface area contributed by atoms with Crippen LogP contribution in [0.15, 0.2) is 60.8 Å². The van der Waals surface area contributed by atoms with Crippen molar-refractivity contribution in [3.8, 4) is 17.2 Å². The van der Waals surface area contributed by atoms with Gasteiger partial charge in [0.05, 0.1) is 11.6 Å². The van der Waals surface area contributed by atoms with Crippen LogP contribution in [0.1, 0.15) is 32.7 Å². The Kier molecular flexibility index (Phi) is 5.09. The van der Waals surface area contributed by atoms with Crippen molar-refractivity contribution in [2.24, 2.45) is 0 Å². The molecule has 2 aromatic carbocycles. The summed E-state index contributed by atoms with van der Waals surface area (Å²) in [5.41, 5.74) is 5.79. The molecule has 128 valence electrons. The van der Waals surface area contributed by atoms with E-state index in [0.29, 0.717) is 17.7 Å². The molecule has 1 amide bonds. The number of carbonyl (C=O) groups is 1. The van der Waals surface area contributed by atoms with Crippen molar-refractivity contribution >= 4 is 5.91 Å². The lowest BCUT2D eigenvalue weighted by molar-refractivity contribution is 0.0951. The van der Waals surface area contributed by atoms with E-state index in [9.17, 15) is 10.1 Å². The van der Waals surface area contributed by atoms with Gasteiger partial charge >= 0.3 is 0 Å². The Morgan fingerprint density at radius 1 is 1.04 bits per heavy atom. The van der Waals surface area contributed by atoms with E-state index in [0.717, 1.165) is 27.9 Å². The molecule has 0 aliphatic carbocycles. The van der Waals surface area contributed by atoms with E-state index in [4.69, 9.17) is 0 Å². The van der Waals surface area contributed by atoms with Gasteiger partial charge in [-0.15, -0.1) is 0 Å². The lowest BCUT2D eigenvalue weighted by Gasteiger charge is -2.09. The molecule has 0 aliphatic heterocycles. The minimum Gasteiger partial charge on any atom is -0.348 e. The molecule has 1 heterocycles. The lowest BCUT2D eigenvalue weighted by atomic mass is 9.99. The Morgan fingerprint density at radius 2 is 1.81 bits per heavy atom. The van der Waals surface area contributed by atoms with Crippen molar-refractivity contribution in [3.05, 3.63) is 88.7 Å². The van der Waals surface area contributed by atoms with E-state index < -0.39 is 0 Å². The molecule has 0 spiro atoms. The summed E-state index contributed by atoms with van der Waals surface area (Å²) in [6, 6.07) is 19.2. The monoisotopic (exact) mass is 341 g/mol. The quantitative estimate of drug-likeness (QED) is 0.774. The summed E-state index contributed by atoms with van der Waals surface area (Å²) in [5.74, 6) is -0.212. The zero-order chi connectivity index (χ0) is 18.5. The van der Waals surface area contributed by atoms with Crippen LogP contribution < -0.4 is 5.32 Å². The van der Waals surface area contributed by atoms with E-state index in [1.165, 1.54) is 0 Å². The van der Waals surface area contributed by atoms with Crippen molar-refractivity contribution in [1.29, 1.82) is 5.26 Å². The number of benzene rings is 2. The highest BCUT2D eigenvalue weighted by molar-refractivity contribution is 5.96. The van der Waals surface area contributed by atoms with Gasteiger partial charge in [0.25, 0.3) is 5.91 Å². The molecule has 0 aliphatic rings. The Hall–Kier alpha value is -3.45. The van der Waals surface area contributed by atoms with Gasteiger partial charge in [-0.05, 0) is 54.8 Å². The van der Waals surface area contributed by atoms with Gasteiger partial charge in [0.15, 0.2) is 0 Å². The molecule has 3 aromatic rings. The fourth-order valence-electron chi connectivity index (χ4n) is 2.62. The first-order chi connectivity index (χ1) is 12.5. The van der Waals surface area contributed by atoms with Crippen LogP contribution in [0.25, 0.3) is 11.1 Å². The summed E-state index contributed by atoms with van der Waals surface area (Å²) in [6.45, 7) is 4.33. The van der Waals surface area contributed by atoms with Crippen molar-refractivity contribution in [1.82, 2.24) is 10.3 Å². The summed E-state index contributed by atoms with van der Waals surface area (Å²) in [6.07, 6.45) is 1.75. The Balaban J connectivity index is 1.83. The topological polar surface area (TPSA) is 65.8 Å². The van der Waals surface area contributed by atoms with Crippen LogP contribution in [-0.2, 0) is 6.54 Å². The zero-order valence-electron chi connectivity index (χ0n) is 14.8. The number of aryl methyl sites for hydroxylation is 2. The summed E-state index contributed by atoms with van der Waals surface area (Å²) < 4.78 is 0. The predicted molar refractivity (Wildman–Crippen MR) is 101 cm³/mol. The molecule has 0 bridgehead atoms. The smallest absolute Gasteiger partial charge is 0.251 e. The van der Waals surface area contributed by atoms with E-state index in [1.54, 1.807) is 18.3 Å². The van der Waals surface area contributed by atoms with Crippen molar-refractivity contribution in [2.75, 3.05) is 0 Å². The van der Waals surface area contributed by atoms with Gasteiger partial charge in [0.1, 0.15) is 0 Å². The van der Waals surface area contributed by atoms with Gasteiger partial charge in [-0.25, -0.2) is 0 Å². The number of aromatic nitrogens is 1. The summed E-state index contributed by atoms with van der Waals surface area (Å²) >= 11 is 0. The molecule has 1 aromatic heterocycles. The molecule has 0 saturated carbocycles. The summed E-state index contributed by atoms with van der Waals surface area (Å²) in [4.78, 5) is 16.8. The number of hydrogen-bond donors (Lipinski definition) is 1. The number of hydrogen-bond acceptors (Lipinski definition) is 3. The second-order valence-corrected chi connectivity index (χ2v) is 6.27. The molecule has 3 rings (SSSR count). The Morgan fingerprint density at radius 3 is 2.46 bits per heavy atom. The highest BCUT2D eigenvalue weighted by Gasteiger charge is 2.10. The molecular formula is C22H19N3O. The maximum absolute atomic E-state index is 12.5. The first kappa shape index (κ1) is 17.4. The van der Waals surface area contributed by atoms with Crippen LogP contribution in [0.3, 0.4) is 0 Å². The molecule has 0 radical (unpaired) electrons. The van der Waals surface area contributed by atoms with Crippen LogP contribution >= 0.6 is 0 Å². The molecule has 0 saturated heterocycles. The average molecular weight is 341 g/mol. The summed E-state index contributed by atoms with van der Waals surface area (Å²) in [7, 11) is 0. The number of amides is 1. The molecule has 4 nitrogen and oxygen atoms in total. The van der Waals surface area contributed by atoms with Crippen molar-refractivity contribution < 1.29 is 4.79 Å². The largest absolute Gasteiger partial charge is 0.348 e. The van der Waals surface area contributed by atoms with Gasteiger partial charge in [-0.3, -0.25) is 9.78 Å². The molecule has 1 N–H and O–H groups in total. The van der Waals surface area contributed by atoms with E-state index in [1.807, 2.05) is 56.3 Å². The van der Waals surface area contributed by atoms with Gasteiger partial charge in [0, 0.05) is 24.0 Å². The van der Waals surface area contributed by atoms with Gasteiger partial charge < -0.3 is 5.32 Å². The van der Waals surface area contributed by atoms with Gasteiger partial charge in [-0.2, -0.15) is 5.26 Å². The number of carbonyl (C=O) groups excluding carboxylic acids is 1. The second kappa shape index (κ2) is 7.62. The van der Waals surface area contributed by atoms with Crippen molar-refractivity contribution in [2.45, 2.75) is 20.4 Å². The maximum Gasteiger partial charge on any atom is 0.251 e. The number of rotatable bonds is 4. The number of nitrogens with one attached hydrogen (secondary N) is 1. The molecule has 0 unspecified atom stereocenters. The maximum atomic E-state index is 12.5. The predicted octanol–water partition coefficient (Wildman–Crippen LogP) is 4.17. The highest BCUT2D eigenvalue weighted by atomic mass is 16.1. The molecule has 0 atom stereocenters. The second-order valence-electron chi connectivity index (χ2n) is 6.27. The molecule has 26 heavy (non-hydrogen) atoms. The average Bonchev–Trinajstić information content (AvgIpc) is 2.67. The standard InChI is InChI=1S/C22H19N3O/c1-15-3-7-19(8-4-15)20-9-18(12-23)10-21(11-20)22(26)25-14-17-6-5-16(2)24-13-17/h3-11,13H,14H2,1-2H3,(H,25,26). The highest BCUT2D eigenvalue weighted by Crippen LogP contribution is 2.23. The molecule has 4 heteroatoms. The Bertz CT molecular complexity index is 968. The first-order valence-electron chi connectivity index (χ1n) is 8.37. The normalized spacial score (nSPS) is 10.2. The Labute approximate surface area is 153 Å². The fraction of sp³-hybridized carbons (Fsp3) is 0.136. The zero-order valence-corrected chi connectivity index (χ0v) is 14.8. The van der Waals surface area contributed by atoms with Crippen LogP contribution in [0.2, 0.25) is 0 Å². The SMILES string of the molecule is Cc1ccc(-c2cc(C#N)cc(C(=O)NCc3ccc(C)nc3)c2)cc1. The van der Waals surface area contributed by atoms with Crippen LogP contribution in [0.4, 0.5) is 0 Å². The third kappa shape index (κ3) is 4.14.